The van der Waals surface area contributed by atoms with Crippen LogP contribution in [0.25, 0.3) is 10.8 Å². The third-order valence-electron chi connectivity index (χ3n) is 3.99. The van der Waals surface area contributed by atoms with Crippen molar-refractivity contribution in [1.82, 2.24) is 4.98 Å². The van der Waals surface area contributed by atoms with Crippen LogP contribution in [-0.2, 0) is 0 Å². The summed E-state index contributed by atoms with van der Waals surface area (Å²) in [6.45, 7) is 3.42. The van der Waals surface area contributed by atoms with E-state index in [2.05, 4.69) is 28.9 Å². The van der Waals surface area contributed by atoms with E-state index in [9.17, 15) is 0 Å². The van der Waals surface area contributed by atoms with Gasteiger partial charge in [0.2, 0.25) is 0 Å². The van der Waals surface area contributed by atoms with Gasteiger partial charge in [-0.3, -0.25) is 4.98 Å². The first-order valence-electron chi connectivity index (χ1n) is 6.70. The van der Waals surface area contributed by atoms with Gasteiger partial charge in [0.25, 0.3) is 0 Å². The molecule has 0 radical (unpaired) electrons. The van der Waals surface area contributed by atoms with E-state index in [-0.39, 0.29) is 0 Å². The van der Waals surface area contributed by atoms with Gasteiger partial charge in [-0.15, -0.1) is 0 Å². The van der Waals surface area contributed by atoms with E-state index in [1.807, 2.05) is 18.5 Å². The molecule has 94 valence electrons. The largest absolute Gasteiger partial charge is 0.398 e. The summed E-state index contributed by atoms with van der Waals surface area (Å²) >= 11 is 0. The Labute approximate surface area is 108 Å². The van der Waals surface area contributed by atoms with Crippen molar-refractivity contribution < 1.29 is 0 Å². The Bertz CT molecular complexity index is 565. The summed E-state index contributed by atoms with van der Waals surface area (Å²) < 4.78 is 0. The van der Waals surface area contributed by atoms with Gasteiger partial charge in [0.15, 0.2) is 0 Å². The number of hydrogen-bond donors (Lipinski definition) is 1. The summed E-state index contributed by atoms with van der Waals surface area (Å²) in [6, 6.07) is 6.91. The Hall–Kier alpha value is -1.77. The lowest BCUT2D eigenvalue weighted by atomic mass is 10.1. The molecule has 0 spiro atoms. The van der Waals surface area contributed by atoms with Gasteiger partial charge >= 0.3 is 0 Å². The molecule has 1 unspecified atom stereocenters. The quantitative estimate of drug-likeness (QED) is 0.821. The van der Waals surface area contributed by atoms with Crippen molar-refractivity contribution in [2.45, 2.75) is 32.2 Å². The lowest BCUT2D eigenvalue weighted by molar-refractivity contribution is 0.647. The van der Waals surface area contributed by atoms with E-state index >= 15 is 0 Å². The smallest absolute Gasteiger partial charge is 0.0451 e. The van der Waals surface area contributed by atoms with Gasteiger partial charge in [0, 0.05) is 47.1 Å². The van der Waals surface area contributed by atoms with Crippen LogP contribution in [0.15, 0.2) is 30.6 Å². The Morgan fingerprint density at radius 2 is 2.22 bits per heavy atom. The SMILES string of the molecule is CCC1CCCN1c1ccc(N)c2cnccc12. The van der Waals surface area contributed by atoms with Gasteiger partial charge in [-0.1, -0.05) is 6.92 Å². The molecule has 3 rings (SSSR count). The predicted octanol–water partition coefficient (Wildman–Crippen LogP) is 3.20. The summed E-state index contributed by atoms with van der Waals surface area (Å²) in [5.74, 6) is 0. The molecule has 2 heterocycles. The molecule has 18 heavy (non-hydrogen) atoms. The zero-order valence-electron chi connectivity index (χ0n) is 10.8. The molecule has 2 N–H and O–H groups in total. The molecular formula is C15H19N3. The highest BCUT2D eigenvalue weighted by molar-refractivity contribution is 6.01. The van der Waals surface area contributed by atoms with Crippen molar-refractivity contribution in [3.63, 3.8) is 0 Å². The van der Waals surface area contributed by atoms with Crippen molar-refractivity contribution in [3.8, 4) is 0 Å². The van der Waals surface area contributed by atoms with Gasteiger partial charge in [0.1, 0.15) is 0 Å². The summed E-state index contributed by atoms with van der Waals surface area (Å²) in [5.41, 5.74) is 8.16. The fourth-order valence-electron chi connectivity index (χ4n) is 3.02. The first-order valence-corrected chi connectivity index (χ1v) is 6.70. The third kappa shape index (κ3) is 1.70. The number of hydrogen-bond acceptors (Lipinski definition) is 3. The van der Waals surface area contributed by atoms with Crippen LogP contribution in [0.4, 0.5) is 11.4 Å². The molecule has 1 saturated heterocycles. The van der Waals surface area contributed by atoms with Crippen molar-refractivity contribution in [2.24, 2.45) is 0 Å². The van der Waals surface area contributed by atoms with Crippen LogP contribution < -0.4 is 10.6 Å². The highest BCUT2D eigenvalue weighted by atomic mass is 15.2. The highest BCUT2D eigenvalue weighted by Gasteiger charge is 2.24. The van der Waals surface area contributed by atoms with Crippen molar-refractivity contribution in [2.75, 3.05) is 17.2 Å². The molecule has 0 bridgehead atoms. The second kappa shape index (κ2) is 4.48. The van der Waals surface area contributed by atoms with Gasteiger partial charge in [0.05, 0.1) is 0 Å². The fraction of sp³-hybridized carbons (Fsp3) is 0.400. The van der Waals surface area contributed by atoms with Crippen LogP contribution in [0.5, 0.6) is 0 Å². The first kappa shape index (κ1) is 11.3. The molecule has 2 aromatic rings. The number of benzene rings is 1. The van der Waals surface area contributed by atoms with Crippen LogP contribution in [0, 0.1) is 0 Å². The number of aromatic nitrogens is 1. The molecule has 1 aliphatic heterocycles. The number of anilines is 2. The number of nitrogens with zero attached hydrogens (tertiary/aromatic N) is 2. The minimum absolute atomic E-state index is 0.671. The first-order chi connectivity index (χ1) is 8.81. The number of nitrogen functional groups attached to an aromatic ring is 1. The van der Waals surface area contributed by atoms with E-state index in [1.165, 1.54) is 30.3 Å². The van der Waals surface area contributed by atoms with Crippen LogP contribution in [0.1, 0.15) is 26.2 Å². The second-order valence-corrected chi connectivity index (χ2v) is 4.99. The minimum Gasteiger partial charge on any atom is -0.398 e. The molecule has 0 saturated carbocycles. The number of rotatable bonds is 2. The zero-order chi connectivity index (χ0) is 12.5. The van der Waals surface area contributed by atoms with Gasteiger partial charge in [-0.2, -0.15) is 0 Å². The van der Waals surface area contributed by atoms with Crippen molar-refractivity contribution >= 4 is 22.1 Å². The molecule has 0 amide bonds. The topological polar surface area (TPSA) is 42.1 Å². The molecule has 0 aliphatic carbocycles. The van der Waals surface area contributed by atoms with Crippen LogP contribution in [0.3, 0.4) is 0 Å². The molecule has 3 heteroatoms. The summed E-state index contributed by atoms with van der Waals surface area (Å²) in [7, 11) is 0. The monoisotopic (exact) mass is 241 g/mol. The van der Waals surface area contributed by atoms with E-state index in [1.54, 1.807) is 0 Å². The standard InChI is InChI=1S/C15H19N3/c1-2-11-4-3-9-18(11)15-6-5-14(16)13-10-17-8-7-12(13)15/h5-8,10-11H,2-4,9,16H2,1H3. The van der Waals surface area contributed by atoms with Gasteiger partial charge in [-0.05, 0) is 37.5 Å². The van der Waals surface area contributed by atoms with Crippen LogP contribution in [0.2, 0.25) is 0 Å². The third-order valence-corrected chi connectivity index (χ3v) is 3.99. The Kier molecular flexibility index (Phi) is 2.82. The Morgan fingerprint density at radius 1 is 1.33 bits per heavy atom. The maximum atomic E-state index is 6.03. The van der Waals surface area contributed by atoms with Gasteiger partial charge < -0.3 is 10.6 Å². The Morgan fingerprint density at radius 3 is 3.06 bits per heavy atom. The summed E-state index contributed by atoms with van der Waals surface area (Å²) in [4.78, 5) is 6.71. The van der Waals surface area contributed by atoms with E-state index in [0.29, 0.717) is 6.04 Å². The summed E-state index contributed by atoms with van der Waals surface area (Å²) in [5, 5.41) is 2.29. The van der Waals surface area contributed by atoms with Crippen molar-refractivity contribution in [1.29, 1.82) is 0 Å². The maximum Gasteiger partial charge on any atom is 0.0451 e. The molecule has 1 fully saturated rings. The fourth-order valence-corrected chi connectivity index (χ4v) is 3.02. The number of pyridine rings is 1. The van der Waals surface area contributed by atoms with E-state index < -0.39 is 0 Å². The molecule has 3 nitrogen and oxygen atoms in total. The average Bonchev–Trinajstić information content (AvgIpc) is 2.88. The Balaban J connectivity index is 2.15. The van der Waals surface area contributed by atoms with E-state index in [0.717, 1.165) is 17.6 Å². The lowest BCUT2D eigenvalue weighted by Crippen LogP contribution is -2.28. The molecule has 1 atom stereocenters. The predicted molar refractivity (Wildman–Crippen MR) is 76.8 cm³/mol. The lowest BCUT2D eigenvalue weighted by Gasteiger charge is -2.27. The highest BCUT2D eigenvalue weighted by Crippen LogP contribution is 2.35. The normalized spacial score (nSPS) is 19.6. The van der Waals surface area contributed by atoms with E-state index in [4.69, 9.17) is 5.73 Å². The molecule has 1 aromatic carbocycles. The maximum absolute atomic E-state index is 6.03. The number of fused-ring (bicyclic) bond motifs is 1. The minimum atomic E-state index is 0.671. The zero-order valence-corrected chi connectivity index (χ0v) is 10.8. The van der Waals surface area contributed by atoms with Gasteiger partial charge in [-0.25, -0.2) is 0 Å². The van der Waals surface area contributed by atoms with Crippen molar-refractivity contribution in [3.05, 3.63) is 30.6 Å². The summed E-state index contributed by atoms with van der Waals surface area (Å²) in [6.07, 6.45) is 7.51. The van der Waals surface area contributed by atoms with Crippen LogP contribution in [-0.4, -0.2) is 17.6 Å². The molecular weight excluding hydrogens is 222 g/mol. The average molecular weight is 241 g/mol. The molecule has 1 aromatic heterocycles. The second-order valence-electron chi connectivity index (χ2n) is 4.99. The van der Waals surface area contributed by atoms with Crippen LogP contribution >= 0.6 is 0 Å². The molecule has 1 aliphatic rings. The number of nitrogens with two attached hydrogens (primary N) is 1.